The molecule has 1 aliphatic carbocycles. The number of carboxylic acid groups (broad SMARTS) is 1. The number of rotatable bonds is 5. The van der Waals surface area contributed by atoms with Crippen molar-refractivity contribution in [3.63, 3.8) is 0 Å². The summed E-state index contributed by atoms with van der Waals surface area (Å²) in [6.45, 7) is 4.20. The fourth-order valence-corrected chi connectivity index (χ4v) is 3.25. The van der Waals surface area contributed by atoms with E-state index in [9.17, 15) is 4.79 Å². The van der Waals surface area contributed by atoms with Gasteiger partial charge in [0, 0.05) is 11.7 Å². The fraction of sp³-hybridized carbons (Fsp3) is 0.588. The summed E-state index contributed by atoms with van der Waals surface area (Å²) < 4.78 is 0. The van der Waals surface area contributed by atoms with Crippen LogP contribution in [-0.4, -0.2) is 17.1 Å². The number of hydrogen-bond donors (Lipinski definition) is 2. The molecule has 0 spiro atoms. The third-order valence-electron chi connectivity index (χ3n) is 4.47. The maximum absolute atomic E-state index is 11.0. The van der Waals surface area contributed by atoms with Gasteiger partial charge in [0.15, 0.2) is 0 Å². The van der Waals surface area contributed by atoms with E-state index in [0.717, 1.165) is 23.6 Å². The van der Waals surface area contributed by atoms with E-state index >= 15 is 0 Å². The highest BCUT2D eigenvalue weighted by molar-refractivity contribution is 5.88. The van der Waals surface area contributed by atoms with Gasteiger partial charge in [-0.2, -0.15) is 0 Å². The molecule has 1 atom stereocenters. The van der Waals surface area contributed by atoms with Gasteiger partial charge in [-0.1, -0.05) is 26.2 Å². The van der Waals surface area contributed by atoms with Crippen molar-refractivity contribution in [1.29, 1.82) is 0 Å². The summed E-state index contributed by atoms with van der Waals surface area (Å²) >= 11 is 0. The quantitative estimate of drug-likeness (QED) is 0.834. The van der Waals surface area contributed by atoms with E-state index in [4.69, 9.17) is 5.11 Å². The minimum Gasteiger partial charge on any atom is -0.478 e. The SMILES string of the molecule is CCC(Nc1ccc(C(=O)O)cc1C)C1CCCCC1. The molecule has 2 N–H and O–H groups in total. The van der Waals surface area contributed by atoms with Crippen LogP contribution in [-0.2, 0) is 0 Å². The van der Waals surface area contributed by atoms with Crippen LogP contribution in [0.25, 0.3) is 0 Å². The number of anilines is 1. The Hall–Kier alpha value is -1.51. The molecule has 3 nitrogen and oxygen atoms in total. The van der Waals surface area contributed by atoms with Crippen molar-refractivity contribution in [2.45, 2.75) is 58.4 Å². The molecule has 1 saturated carbocycles. The van der Waals surface area contributed by atoms with Crippen LogP contribution in [0.15, 0.2) is 18.2 Å². The van der Waals surface area contributed by atoms with Crippen LogP contribution in [0, 0.1) is 12.8 Å². The van der Waals surface area contributed by atoms with E-state index in [1.807, 2.05) is 13.0 Å². The molecular formula is C17H25NO2. The lowest BCUT2D eigenvalue weighted by Crippen LogP contribution is -2.30. The standard InChI is InChI=1S/C17H25NO2/c1-3-15(13-7-5-4-6-8-13)18-16-10-9-14(17(19)20)11-12(16)2/h9-11,13,15,18H,3-8H2,1-2H3,(H,19,20). The minimum atomic E-state index is -0.862. The Kier molecular flexibility index (Phi) is 5.05. The van der Waals surface area contributed by atoms with E-state index in [2.05, 4.69) is 12.2 Å². The molecule has 1 aromatic rings. The number of hydrogen-bond acceptors (Lipinski definition) is 2. The average molecular weight is 275 g/mol. The second-order valence-corrected chi connectivity index (χ2v) is 5.89. The first-order valence-corrected chi connectivity index (χ1v) is 7.72. The predicted molar refractivity (Wildman–Crippen MR) is 82.4 cm³/mol. The monoisotopic (exact) mass is 275 g/mol. The van der Waals surface area contributed by atoms with Gasteiger partial charge in [-0.15, -0.1) is 0 Å². The van der Waals surface area contributed by atoms with E-state index in [-0.39, 0.29) is 0 Å². The van der Waals surface area contributed by atoms with Gasteiger partial charge in [0.1, 0.15) is 0 Å². The highest BCUT2D eigenvalue weighted by atomic mass is 16.4. The molecule has 0 heterocycles. The van der Waals surface area contributed by atoms with Crippen molar-refractivity contribution in [3.8, 4) is 0 Å². The molecule has 110 valence electrons. The highest BCUT2D eigenvalue weighted by Gasteiger charge is 2.22. The summed E-state index contributed by atoms with van der Waals surface area (Å²) in [5.74, 6) is -0.105. The number of nitrogens with one attached hydrogen (secondary N) is 1. The maximum Gasteiger partial charge on any atom is 0.335 e. The molecule has 1 aliphatic rings. The topological polar surface area (TPSA) is 49.3 Å². The number of benzene rings is 1. The molecular weight excluding hydrogens is 250 g/mol. The first-order valence-electron chi connectivity index (χ1n) is 7.72. The predicted octanol–water partition coefficient (Wildman–Crippen LogP) is 4.46. The van der Waals surface area contributed by atoms with E-state index in [1.54, 1.807) is 12.1 Å². The average Bonchev–Trinajstić information content (AvgIpc) is 2.46. The molecule has 0 saturated heterocycles. The Morgan fingerprint density at radius 1 is 1.35 bits per heavy atom. The van der Waals surface area contributed by atoms with Crippen LogP contribution in [0.4, 0.5) is 5.69 Å². The Morgan fingerprint density at radius 3 is 2.60 bits per heavy atom. The van der Waals surface area contributed by atoms with Crippen molar-refractivity contribution >= 4 is 11.7 Å². The normalized spacial score (nSPS) is 17.7. The van der Waals surface area contributed by atoms with Gasteiger partial charge in [-0.25, -0.2) is 4.79 Å². The third kappa shape index (κ3) is 3.53. The molecule has 0 radical (unpaired) electrons. The van der Waals surface area contributed by atoms with Crippen LogP contribution in [0.1, 0.15) is 61.4 Å². The first-order chi connectivity index (χ1) is 9.61. The molecule has 1 unspecified atom stereocenters. The molecule has 0 aliphatic heterocycles. The van der Waals surface area contributed by atoms with Gasteiger partial charge < -0.3 is 10.4 Å². The summed E-state index contributed by atoms with van der Waals surface area (Å²) in [4.78, 5) is 11.0. The Morgan fingerprint density at radius 2 is 2.05 bits per heavy atom. The lowest BCUT2D eigenvalue weighted by atomic mass is 9.82. The second-order valence-electron chi connectivity index (χ2n) is 5.89. The van der Waals surface area contributed by atoms with Crippen LogP contribution in [0.3, 0.4) is 0 Å². The van der Waals surface area contributed by atoms with E-state index in [1.165, 1.54) is 32.1 Å². The van der Waals surface area contributed by atoms with Gasteiger partial charge >= 0.3 is 5.97 Å². The second kappa shape index (κ2) is 6.78. The molecule has 0 aromatic heterocycles. The number of carboxylic acids is 1. The Labute approximate surface area is 121 Å². The fourth-order valence-electron chi connectivity index (χ4n) is 3.25. The zero-order valence-corrected chi connectivity index (χ0v) is 12.5. The molecule has 0 amide bonds. The van der Waals surface area contributed by atoms with Gasteiger partial charge in [0.2, 0.25) is 0 Å². The number of aromatic carboxylic acids is 1. The highest BCUT2D eigenvalue weighted by Crippen LogP contribution is 2.30. The smallest absolute Gasteiger partial charge is 0.335 e. The lowest BCUT2D eigenvalue weighted by Gasteiger charge is -2.31. The Bertz CT molecular complexity index is 464. The van der Waals surface area contributed by atoms with E-state index in [0.29, 0.717) is 11.6 Å². The summed E-state index contributed by atoms with van der Waals surface area (Å²) in [5, 5.41) is 12.7. The molecule has 0 bridgehead atoms. The molecule has 3 heteroatoms. The van der Waals surface area contributed by atoms with Gasteiger partial charge in [0.25, 0.3) is 0 Å². The van der Waals surface area contributed by atoms with Gasteiger partial charge in [0.05, 0.1) is 5.56 Å². The van der Waals surface area contributed by atoms with Gasteiger partial charge in [-0.3, -0.25) is 0 Å². The Balaban J connectivity index is 2.08. The zero-order chi connectivity index (χ0) is 14.5. The van der Waals surface area contributed by atoms with Crippen molar-refractivity contribution in [1.82, 2.24) is 0 Å². The molecule has 20 heavy (non-hydrogen) atoms. The van der Waals surface area contributed by atoms with Crippen molar-refractivity contribution in [3.05, 3.63) is 29.3 Å². The van der Waals surface area contributed by atoms with Gasteiger partial charge in [-0.05, 0) is 55.9 Å². The van der Waals surface area contributed by atoms with Crippen molar-refractivity contribution < 1.29 is 9.90 Å². The first kappa shape index (κ1) is 14.9. The van der Waals surface area contributed by atoms with Crippen molar-refractivity contribution in [2.75, 3.05) is 5.32 Å². The molecule has 2 rings (SSSR count). The maximum atomic E-state index is 11.0. The number of aryl methyl sites for hydroxylation is 1. The summed E-state index contributed by atoms with van der Waals surface area (Å²) in [6.07, 6.45) is 7.82. The molecule has 1 aromatic carbocycles. The largest absolute Gasteiger partial charge is 0.478 e. The zero-order valence-electron chi connectivity index (χ0n) is 12.5. The summed E-state index contributed by atoms with van der Waals surface area (Å²) in [5.41, 5.74) is 2.45. The van der Waals surface area contributed by atoms with E-state index < -0.39 is 5.97 Å². The van der Waals surface area contributed by atoms with Crippen LogP contribution in [0.2, 0.25) is 0 Å². The minimum absolute atomic E-state index is 0.360. The van der Waals surface area contributed by atoms with Crippen LogP contribution < -0.4 is 5.32 Å². The molecule has 1 fully saturated rings. The van der Waals surface area contributed by atoms with Crippen molar-refractivity contribution in [2.24, 2.45) is 5.92 Å². The number of carbonyl (C=O) groups is 1. The third-order valence-corrected chi connectivity index (χ3v) is 4.47. The summed E-state index contributed by atoms with van der Waals surface area (Å²) in [7, 11) is 0. The lowest BCUT2D eigenvalue weighted by molar-refractivity contribution is 0.0697. The van der Waals surface area contributed by atoms with Crippen LogP contribution in [0.5, 0.6) is 0 Å². The van der Waals surface area contributed by atoms with Crippen LogP contribution >= 0.6 is 0 Å². The summed E-state index contributed by atoms with van der Waals surface area (Å²) in [6, 6.07) is 5.85.